The van der Waals surface area contributed by atoms with Gasteiger partial charge in [0.2, 0.25) is 0 Å². The predicted octanol–water partition coefficient (Wildman–Crippen LogP) is 4.48. The molecule has 1 aliphatic rings. The van der Waals surface area contributed by atoms with Crippen molar-refractivity contribution in [2.75, 3.05) is 0 Å². The third-order valence-electron chi connectivity index (χ3n) is 2.25. The molecule has 70 valence electrons. The number of rotatable bonds is 0. The lowest BCUT2D eigenvalue weighted by Crippen LogP contribution is -1.97. The highest BCUT2D eigenvalue weighted by molar-refractivity contribution is 5.31. The van der Waals surface area contributed by atoms with Crippen LogP contribution >= 0.6 is 0 Å². The molecule has 0 unspecified atom stereocenters. The van der Waals surface area contributed by atoms with Gasteiger partial charge in [-0.25, -0.2) is 0 Å². The number of hydrogen-bond donors (Lipinski definition) is 0. The largest absolute Gasteiger partial charge is 0.0842 e. The van der Waals surface area contributed by atoms with Crippen molar-refractivity contribution in [3.8, 4) is 0 Å². The first-order valence-electron chi connectivity index (χ1n) is 5.19. The Kier molecular flexibility index (Phi) is 6.84. The van der Waals surface area contributed by atoms with Crippen LogP contribution in [0.2, 0.25) is 0 Å². The SMILES string of the molecule is C/C=C1/CCCC/C1=C/C.CC. The molecule has 0 aromatic rings. The highest BCUT2D eigenvalue weighted by Gasteiger charge is 2.08. The van der Waals surface area contributed by atoms with Gasteiger partial charge < -0.3 is 0 Å². The lowest BCUT2D eigenvalue weighted by molar-refractivity contribution is 0.677. The van der Waals surface area contributed by atoms with Gasteiger partial charge in [-0.3, -0.25) is 0 Å². The van der Waals surface area contributed by atoms with Crippen molar-refractivity contribution in [1.82, 2.24) is 0 Å². The summed E-state index contributed by atoms with van der Waals surface area (Å²) in [5, 5.41) is 0. The van der Waals surface area contributed by atoms with Crippen molar-refractivity contribution < 1.29 is 0 Å². The van der Waals surface area contributed by atoms with Gasteiger partial charge in [0.05, 0.1) is 0 Å². The first kappa shape index (κ1) is 11.5. The fourth-order valence-electron chi connectivity index (χ4n) is 1.61. The molecule has 0 aromatic carbocycles. The third-order valence-corrected chi connectivity index (χ3v) is 2.25. The van der Waals surface area contributed by atoms with Crippen molar-refractivity contribution >= 4 is 0 Å². The Morgan fingerprint density at radius 1 is 0.833 bits per heavy atom. The fourth-order valence-corrected chi connectivity index (χ4v) is 1.61. The fraction of sp³-hybridized carbons (Fsp3) is 0.667. The number of allylic oxidation sites excluding steroid dienone is 4. The smallest absolute Gasteiger partial charge is 0.0279 e. The molecule has 0 aliphatic heterocycles. The van der Waals surface area contributed by atoms with Gasteiger partial charge in [-0.15, -0.1) is 0 Å². The van der Waals surface area contributed by atoms with Crippen molar-refractivity contribution in [3.05, 3.63) is 23.3 Å². The monoisotopic (exact) mass is 166 g/mol. The molecule has 1 fully saturated rings. The van der Waals surface area contributed by atoms with Gasteiger partial charge in [-0.05, 0) is 50.7 Å². The van der Waals surface area contributed by atoms with Crippen LogP contribution < -0.4 is 0 Å². The normalized spacial score (nSPS) is 23.7. The summed E-state index contributed by atoms with van der Waals surface area (Å²) < 4.78 is 0. The van der Waals surface area contributed by atoms with Crippen molar-refractivity contribution in [1.29, 1.82) is 0 Å². The van der Waals surface area contributed by atoms with Crippen molar-refractivity contribution in [2.24, 2.45) is 0 Å². The molecule has 0 heteroatoms. The summed E-state index contributed by atoms with van der Waals surface area (Å²) in [7, 11) is 0. The minimum absolute atomic E-state index is 1.30. The lowest BCUT2D eigenvalue weighted by Gasteiger charge is -2.16. The quantitative estimate of drug-likeness (QED) is 0.497. The molecule has 0 bridgehead atoms. The molecule has 0 saturated heterocycles. The minimum atomic E-state index is 1.30. The van der Waals surface area contributed by atoms with Crippen LogP contribution in [0.3, 0.4) is 0 Å². The summed E-state index contributed by atoms with van der Waals surface area (Å²) in [5.41, 5.74) is 3.16. The Hall–Kier alpha value is -0.520. The molecule has 0 amide bonds. The second-order valence-electron chi connectivity index (χ2n) is 2.83. The van der Waals surface area contributed by atoms with Gasteiger partial charge in [-0.2, -0.15) is 0 Å². The summed E-state index contributed by atoms with van der Waals surface area (Å²) in [6.07, 6.45) is 9.89. The Labute approximate surface area is 77.4 Å². The molecular weight excluding hydrogens is 144 g/mol. The second kappa shape index (κ2) is 7.15. The van der Waals surface area contributed by atoms with Gasteiger partial charge in [0.1, 0.15) is 0 Å². The molecule has 0 radical (unpaired) electrons. The van der Waals surface area contributed by atoms with E-state index in [-0.39, 0.29) is 0 Å². The molecule has 12 heavy (non-hydrogen) atoms. The maximum absolute atomic E-state index is 2.26. The highest BCUT2D eigenvalue weighted by Crippen LogP contribution is 2.27. The predicted molar refractivity (Wildman–Crippen MR) is 57.3 cm³/mol. The van der Waals surface area contributed by atoms with Crippen molar-refractivity contribution in [3.63, 3.8) is 0 Å². The summed E-state index contributed by atoms with van der Waals surface area (Å²) >= 11 is 0. The maximum atomic E-state index is 2.26. The zero-order valence-electron chi connectivity index (χ0n) is 8.98. The first-order valence-corrected chi connectivity index (χ1v) is 5.19. The molecular formula is C12H22. The molecule has 1 rings (SSSR count). The van der Waals surface area contributed by atoms with Crippen LogP contribution in [0.4, 0.5) is 0 Å². The van der Waals surface area contributed by atoms with E-state index in [2.05, 4.69) is 26.0 Å². The molecule has 0 atom stereocenters. The van der Waals surface area contributed by atoms with E-state index in [0.717, 1.165) is 0 Å². The zero-order chi connectivity index (χ0) is 9.40. The standard InChI is InChI=1S/C10H16.C2H6/c1-3-9-7-5-6-8-10(9)4-2;1-2/h3-4H,5-8H2,1-2H3;1-2H3/b9-3-,10-4-;. The Morgan fingerprint density at radius 3 is 1.42 bits per heavy atom. The molecule has 1 saturated carbocycles. The molecule has 0 spiro atoms. The highest BCUT2D eigenvalue weighted by atomic mass is 14.1. The first-order chi connectivity index (χ1) is 5.88. The van der Waals surface area contributed by atoms with Gasteiger partial charge >= 0.3 is 0 Å². The summed E-state index contributed by atoms with van der Waals surface area (Å²) in [4.78, 5) is 0. The van der Waals surface area contributed by atoms with Crippen LogP contribution in [0, 0.1) is 0 Å². The second-order valence-corrected chi connectivity index (χ2v) is 2.83. The Morgan fingerprint density at radius 2 is 1.17 bits per heavy atom. The third kappa shape index (κ3) is 3.25. The van der Waals surface area contributed by atoms with Gasteiger partial charge in [0.15, 0.2) is 0 Å². The van der Waals surface area contributed by atoms with Crippen LogP contribution in [0.1, 0.15) is 53.4 Å². The summed E-state index contributed by atoms with van der Waals surface area (Å²) in [6, 6.07) is 0. The zero-order valence-corrected chi connectivity index (χ0v) is 8.98. The molecule has 0 N–H and O–H groups in total. The number of hydrogen-bond acceptors (Lipinski definition) is 0. The average Bonchev–Trinajstić information content (AvgIpc) is 2.20. The van der Waals surface area contributed by atoms with Crippen LogP contribution in [-0.2, 0) is 0 Å². The van der Waals surface area contributed by atoms with E-state index < -0.39 is 0 Å². The van der Waals surface area contributed by atoms with E-state index in [1.807, 2.05) is 13.8 Å². The van der Waals surface area contributed by atoms with E-state index in [4.69, 9.17) is 0 Å². The van der Waals surface area contributed by atoms with E-state index in [1.165, 1.54) is 25.7 Å². The van der Waals surface area contributed by atoms with Crippen molar-refractivity contribution in [2.45, 2.75) is 53.4 Å². The maximum Gasteiger partial charge on any atom is -0.0279 e. The molecule has 0 heterocycles. The molecule has 0 nitrogen and oxygen atoms in total. The Balaban J connectivity index is 0.000000561. The minimum Gasteiger partial charge on any atom is -0.0842 e. The van der Waals surface area contributed by atoms with E-state index in [9.17, 15) is 0 Å². The van der Waals surface area contributed by atoms with Crippen LogP contribution in [-0.4, -0.2) is 0 Å². The van der Waals surface area contributed by atoms with Gasteiger partial charge in [0, 0.05) is 0 Å². The van der Waals surface area contributed by atoms with Crippen LogP contribution in [0.25, 0.3) is 0 Å². The molecule has 0 aromatic heterocycles. The Bertz CT molecular complexity index is 141. The summed E-state index contributed by atoms with van der Waals surface area (Å²) in [6.45, 7) is 8.29. The van der Waals surface area contributed by atoms with E-state index >= 15 is 0 Å². The van der Waals surface area contributed by atoms with Crippen LogP contribution in [0.5, 0.6) is 0 Å². The van der Waals surface area contributed by atoms with Crippen LogP contribution in [0.15, 0.2) is 23.3 Å². The van der Waals surface area contributed by atoms with E-state index in [1.54, 1.807) is 11.1 Å². The average molecular weight is 166 g/mol. The topological polar surface area (TPSA) is 0 Å². The summed E-state index contributed by atoms with van der Waals surface area (Å²) in [5.74, 6) is 0. The van der Waals surface area contributed by atoms with Gasteiger partial charge in [0.25, 0.3) is 0 Å². The van der Waals surface area contributed by atoms with Gasteiger partial charge in [-0.1, -0.05) is 26.0 Å². The lowest BCUT2D eigenvalue weighted by atomic mass is 9.89. The molecule has 1 aliphatic carbocycles. The van der Waals surface area contributed by atoms with E-state index in [0.29, 0.717) is 0 Å².